The Hall–Kier alpha value is -1.85. The Morgan fingerprint density at radius 1 is 1.47 bits per heavy atom. The lowest BCUT2D eigenvalue weighted by molar-refractivity contribution is -0.137. The molecule has 1 fully saturated rings. The summed E-state index contributed by atoms with van der Waals surface area (Å²) in [5.74, 6) is 0.482. The smallest absolute Gasteiger partial charge is 0.325 e. The van der Waals surface area contributed by atoms with Gasteiger partial charge in [-0.25, -0.2) is 9.97 Å². The zero-order valence-corrected chi connectivity index (χ0v) is 11.3. The molecule has 1 aromatic heterocycles. The summed E-state index contributed by atoms with van der Waals surface area (Å²) in [5, 5.41) is 11.7. The van der Waals surface area contributed by atoms with Crippen molar-refractivity contribution in [3.8, 4) is 0 Å². The average molecular weight is 264 g/mol. The van der Waals surface area contributed by atoms with E-state index in [1.807, 2.05) is 7.05 Å². The van der Waals surface area contributed by atoms with E-state index < -0.39 is 12.0 Å². The first-order valence-corrected chi connectivity index (χ1v) is 6.62. The number of anilines is 2. The number of nitrogens with one attached hydrogen (secondary N) is 1. The molecule has 1 atom stereocenters. The monoisotopic (exact) mass is 264 g/mol. The highest BCUT2D eigenvalue weighted by molar-refractivity contribution is 5.76. The number of aromatic nitrogens is 2. The van der Waals surface area contributed by atoms with Crippen molar-refractivity contribution in [3.05, 3.63) is 12.4 Å². The van der Waals surface area contributed by atoms with Gasteiger partial charge >= 0.3 is 5.97 Å². The number of nitrogens with zero attached hydrogens (tertiary/aromatic N) is 3. The van der Waals surface area contributed by atoms with Crippen molar-refractivity contribution < 1.29 is 9.90 Å². The minimum Gasteiger partial charge on any atom is -0.480 e. The molecule has 0 saturated heterocycles. The first-order chi connectivity index (χ1) is 9.08. The minimum atomic E-state index is -0.899. The lowest BCUT2D eigenvalue weighted by atomic mass is 10.2. The molecule has 2 N–H and O–H groups in total. The van der Waals surface area contributed by atoms with Crippen LogP contribution in [0.1, 0.15) is 32.6 Å². The maximum absolute atomic E-state index is 10.8. The maximum Gasteiger partial charge on any atom is 0.325 e. The number of carboxylic acids is 1. The van der Waals surface area contributed by atoms with E-state index in [0.717, 1.165) is 5.82 Å². The van der Waals surface area contributed by atoms with Gasteiger partial charge in [0.05, 0.1) is 0 Å². The number of aliphatic carboxylic acids is 1. The van der Waals surface area contributed by atoms with Crippen LogP contribution in [0.5, 0.6) is 0 Å². The van der Waals surface area contributed by atoms with Gasteiger partial charge in [0, 0.05) is 19.2 Å². The summed E-state index contributed by atoms with van der Waals surface area (Å²) >= 11 is 0. The Balaban J connectivity index is 2.07. The maximum atomic E-state index is 10.8. The van der Waals surface area contributed by atoms with E-state index in [1.54, 1.807) is 13.0 Å². The van der Waals surface area contributed by atoms with Crippen molar-refractivity contribution in [1.82, 2.24) is 9.97 Å². The standard InChI is InChI=1S/C13H20N4O2/c1-9(13(18)19)16-11-7-12(15-8-14-11)17(2)10-5-3-4-6-10/h7-10H,3-6H2,1-2H3,(H,18,19)(H,14,15,16). The zero-order valence-electron chi connectivity index (χ0n) is 11.3. The quantitative estimate of drug-likeness (QED) is 0.843. The van der Waals surface area contributed by atoms with Crippen molar-refractivity contribution in [1.29, 1.82) is 0 Å². The van der Waals surface area contributed by atoms with Crippen LogP contribution in [0.4, 0.5) is 11.6 Å². The molecule has 1 heterocycles. The highest BCUT2D eigenvalue weighted by Crippen LogP contribution is 2.26. The highest BCUT2D eigenvalue weighted by atomic mass is 16.4. The number of carboxylic acid groups (broad SMARTS) is 1. The van der Waals surface area contributed by atoms with Crippen molar-refractivity contribution in [2.24, 2.45) is 0 Å². The van der Waals surface area contributed by atoms with E-state index in [9.17, 15) is 4.79 Å². The molecule has 6 nitrogen and oxygen atoms in total. The molecule has 1 aromatic rings. The first kappa shape index (κ1) is 13.6. The number of rotatable bonds is 5. The second-order valence-corrected chi connectivity index (χ2v) is 5.01. The Morgan fingerprint density at radius 3 is 2.79 bits per heavy atom. The third kappa shape index (κ3) is 3.33. The van der Waals surface area contributed by atoms with Gasteiger partial charge in [0.2, 0.25) is 0 Å². The van der Waals surface area contributed by atoms with Gasteiger partial charge in [0.15, 0.2) is 0 Å². The molecule has 0 aliphatic heterocycles. The van der Waals surface area contributed by atoms with Gasteiger partial charge < -0.3 is 15.3 Å². The molecular weight excluding hydrogens is 244 g/mol. The van der Waals surface area contributed by atoms with Crippen LogP contribution in [0.15, 0.2) is 12.4 Å². The summed E-state index contributed by atoms with van der Waals surface area (Å²) < 4.78 is 0. The summed E-state index contributed by atoms with van der Waals surface area (Å²) in [7, 11) is 2.03. The van der Waals surface area contributed by atoms with Crippen LogP contribution in [0, 0.1) is 0 Å². The normalized spacial score (nSPS) is 17.2. The Morgan fingerprint density at radius 2 is 2.16 bits per heavy atom. The molecule has 6 heteroatoms. The van der Waals surface area contributed by atoms with Gasteiger partial charge in [0.25, 0.3) is 0 Å². The van der Waals surface area contributed by atoms with E-state index in [0.29, 0.717) is 11.9 Å². The molecule has 0 spiro atoms. The van der Waals surface area contributed by atoms with Crippen LogP contribution >= 0.6 is 0 Å². The molecule has 19 heavy (non-hydrogen) atoms. The molecule has 0 amide bonds. The average Bonchev–Trinajstić information content (AvgIpc) is 2.92. The van der Waals surface area contributed by atoms with E-state index in [2.05, 4.69) is 20.2 Å². The van der Waals surface area contributed by atoms with Crippen molar-refractivity contribution in [2.75, 3.05) is 17.3 Å². The SMILES string of the molecule is CC(Nc1cc(N(C)C2CCCC2)ncn1)C(=O)O. The molecule has 1 unspecified atom stereocenters. The minimum absolute atomic E-state index is 0.527. The molecule has 1 aliphatic carbocycles. The molecule has 0 aromatic carbocycles. The van der Waals surface area contributed by atoms with Crippen LogP contribution in [0.3, 0.4) is 0 Å². The van der Waals surface area contributed by atoms with Gasteiger partial charge in [-0.15, -0.1) is 0 Å². The zero-order chi connectivity index (χ0) is 13.8. The molecule has 2 rings (SSSR count). The Labute approximate surface area is 112 Å². The molecule has 0 radical (unpaired) electrons. The van der Waals surface area contributed by atoms with Gasteiger partial charge in [-0.1, -0.05) is 12.8 Å². The summed E-state index contributed by atoms with van der Waals surface area (Å²) in [6, 6.07) is 1.66. The van der Waals surface area contributed by atoms with Crippen LogP contribution < -0.4 is 10.2 Å². The molecule has 1 saturated carbocycles. The third-order valence-corrected chi connectivity index (χ3v) is 3.62. The van der Waals surface area contributed by atoms with Gasteiger partial charge in [-0.3, -0.25) is 4.79 Å². The Kier molecular flexibility index (Phi) is 4.19. The van der Waals surface area contributed by atoms with Gasteiger partial charge in [-0.2, -0.15) is 0 Å². The molecule has 104 valence electrons. The van der Waals surface area contributed by atoms with E-state index >= 15 is 0 Å². The van der Waals surface area contributed by atoms with Crippen molar-refractivity contribution in [2.45, 2.75) is 44.7 Å². The fourth-order valence-corrected chi connectivity index (χ4v) is 2.38. The van der Waals surface area contributed by atoms with Crippen molar-refractivity contribution in [3.63, 3.8) is 0 Å². The van der Waals surface area contributed by atoms with Crippen molar-refractivity contribution >= 4 is 17.6 Å². The van der Waals surface area contributed by atoms with Gasteiger partial charge in [0.1, 0.15) is 24.0 Å². The van der Waals surface area contributed by atoms with Gasteiger partial charge in [-0.05, 0) is 19.8 Å². The summed E-state index contributed by atoms with van der Waals surface area (Å²) in [6.45, 7) is 1.59. The first-order valence-electron chi connectivity index (χ1n) is 6.62. The van der Waals surface area contributed by atoms with E-state index in [4.69, 9.17) is 5.11 Å². The lowest BCUT2D eigenvalue weighted by Crippen LogP contribution is -2.30. The van der Waals surface area contributed by atoms with E-state index in [1.165, 1.54) is 32.0 Å². The predicted molar refractivity (Wildman–Crippen MR) is 73.4 cm³/mol. The molecule has 1 aliphatic rings. The van der Waals surface area contributed by atoms with E-state index in [-0.39, 0.29) is 0 Å². The predicted octanol–water partition coefficient (Wildman–Crippen LogP) is 1.74. The second-order valence-electron chi connectivity index (χ2n) is 5.01. The molecule has 0 bridgehead atoms. The Bertz CT molecular complexity index is 446. The third-order valence-electron chi connectivity index (χ3n) is 3.62. The topological polar surface area (TPSA) is 78.3 Å². The lowest BCUT2D eigenvalue weighted by Gasteiger charge is -2.25. The number of hydrogen-bond acceptors (Lipinski definition) is 5. The summed E-state index contributed by atoms with van der Waals surface area (Å²) in [6.07, 6.45) is 6.38. The number of carbonyl (C=O) groups is 1. The fraction of sp³-hybridized carbons (Fsp3) is 0.615. The van der Waals surface area contributed by atoms with Crippen LogP contribution in [-0.4, -0.2) is 40.2 Å². The number of hydrogen-bond donors (Lipinski definition) is 2. The largest absolute Gasteiger partial charge is 0.480 e. The molecular formula is C13H20N4O2. The second kappa shape index (κ2) is 5.86. The van der Waals surface area contributed by atoms with Crippen LogP contribution in [0.2, 0.25) is 0 Å². The fourth-order valence-electron chi connectivity index (χ4n) is 2.38. The summed E-state index contributed by atoms with van der Waals surface area (Å²) in [5.41, 5.74) is 0. The highest BCUT2D eigenvalue weighted by Gasteiger charge is 2.21. The van der Waals surface area contributed by atoms with Crippen LogP contribution in [0.25, 0.3) is 0 Å². The van der Waals surface area contributed by atoms with Crippen LogP contribution in [-0.2, 0) is 4.79 Å². The summed E-state index contributed by atoms with van der Waals surface area (Å²) in [4.78, 5) is 21.3.